The lowest BCUT2D eigenvalue weighted by Gasteiger charge is -2.23. The molecule has 2 aromatic rings. The molecule has 122 valence electrons. The van der Waals surface area contributed by atoms with Gasteiger partial charge in [-0.3, -0.25) is 4.79 Å². The smallest absolute Gasteiger partial charge is 0.268 e. The third-order valence-electron chi connectivity index (χ3n) is 4.21. The maximum Gasteiger partial charge on any atom is 0.268 e. The number of nitrogens with zero attached hydrogens (tertiary/aromatic N) is 3. The molecule has 0 N–H and O–H groups in total. The largest absolute Gasteiger partial charge is 0.376 e. The highest BCUT2D eigenvalue weighted by Crippen LogP contribution is 2.15. The summed E-state index contributed by atoms with van der Waals surface area (Å²) < 4.78 is 7.19. The van der Waals surface area contributed by atoms with Crippen LogP contribution in [0.5, 0.6) is 0 Å². The molecule has 1 aliphatic heterocycles. The Morgan fingerprint density at radius 3 is 2.83 bits per heavy atom. The molecule has 2 heterocycles. The van der Waals surface area contributed by atoms with Gasteiger partial charge in [0.05, 0.1) is 24.5 Å². The van der Waals surface area contributed by atoms with Crippen molar-refractivity contribution in [3.63, 3.8) is 0 Å². The first kappa shape index (κ1) is 15.7. The Morgan fingerprint density at radius 2 is 2.13 bits per heavy atom. The molecule has 0 radical (unpaired) electrons. The van der Waals surface area contributed by atoms with Crippen molar-refractivity contribution in [1.82, 2.24) is 9.78 Å². The van der Waals surface area contributed by atoms with Crippen LogP contribution in [0.1, 0.15) is 24.8 Å². The maximum atomic E-state index is 12.3. The quantitative estimate of drug-likeness (QED) is 0.851. The number of anilines is 1. The molecule has 0 amide bonds. The van der Waals surface area contributed by atoms with E-state index in [4.69, 9.17) is 4.74 Å². The third-order valence-corrected chi connectivity index (χ3v) is 4.21. The molecule has 5 heteroatoms. The maximum absolute atomic E-state index is 12.3. The fourth-order valence-electron chi connectivity index (χ4n) is 2.86. The van der Waals surface area contributed by atoms with Crippen molar-refractivity contribution in [2.24, 2.45) is 0 Å². The van der Waals surface area contributed by atoms with Crippen molar-refractivity contribution in [3.8, 4) is 0 Å². The average Bonchev–Trinajstić information content (AvgIpc) is 2.58. The molecular weight excluding hydrogens is 290 g/mol. The summed E-state index contributed by atoms with van der Waals surface area (Å²) in [6.45, 7) is 2.08. The lowest BCUT2D eigenvalue weighted by atomic mass is 10.1. The molecule has 3 rings (SSSR count). The zero-order valence-electron chi connectivity index (χ0n) is 13.5. The van der Waals surface area contributed by atoms with Gasteiger partial charge in [0.1, 0.15) is 0 Å². The van der Waals surface area contributed by atoms with Gasteiger partial charge in [-0.25, -0.2) is 4.68 Å². The highest BCUT2D eigenvalue weighted by Gasteiger charge is 2.16. The van der Waals surface area contributed by atoms with Crippen LogP contribution in [-0.2, 0) is 17.8 Å². The summed E-state index contributed by atoms with van der Waals surface area (Å²) in [4.78, 5) is 14.3. The van der Waals surface area contributed by atoms with E-state index in [1.54, 1.807) is 12.3 Å². The first-order chi connectivity index (χ1) is 11.2. The highest BCUT2D eigenvalue weighted by molar-refractivity contribution is 5.42. The van der Waals surface area contributed by atoms with Crippen LogP contribution in [0.3, 0.4) is 0 Å². The Morgan fingerprint density at radius 1 is 1.30 bits per heavy atom. The molecule has 1 atom stereocenters. The molecule has 0 saturated carbocycles. The van der Waals surface area contributed by atoms with Gasteiger partial charge >= 0.3 is 0 Å². The van der Waals surface area contributed by atoms with Gasteiger partial charge < -0.3 is 9.64 Å². The lowest BCUT2D eigenvalue weighted by Crippen LogP contribution is -2.32. The van der Waals surface area contributed by atoms with Crippen LogP contribution in [0, 0.1) is 0 Å². The molecule has 1 aliphatic rings. The second-order valence-electron chi connectivity index (χ2n) is 6.06. The number of aromatic nitrogens is 2. The molecule has 0 unspecified atom stereocenters. The van der Waals surface area contributed by atoms with Gasteiger partial charge in [-0.2, -0.15) is 5.10 Å². The van der Waals surface area contributed by atoms with Crippen LogP contribution in [0.4, 0.5) is 5.69 Å². The van der Waals surface area contributed by atoms with Crippen molar-refractivity contribution in [1.29, 1.82) is 0 Å². The molecule has 5 nitrogen and oxygen atoms in total. The molecule has 0 aliphatic carbocycles. The van der Waals surface area contributed by atoms with E-state index < -0.39 is 0 Å². The number of hydrogen-bond acceptors (Lipinski definition) is 4. The molecule has 0 spiro atoms. The van der Waals surface area contributed by atoms with Crippen molar-refractivity contribution < 1.29 is 4.74 Å². The van der Waals surface area contributed by atoms with Crippen LogP contribution in [0.2, 0.25) is 0 Å². The summed E-state index contributed by atoms with van der Waals surface area (Å²) in [7, 11) is 1.97. The zero-order chi connectivity index (χ0) is 16.1. The Bertz CT molecular complexity index is 678. The molecule has 1 saturated heterocycles. The van der Waals surface area contributed by atoms with Crippen LogP contribution < -0.4 is 10.5 Å². The van der Waals surface area contributed by atoms with Gasteiger partial charge in [0.25, 0.3) is 5.56 Å². The molecular formula is C18H23N3O2. The van der Waals surface area contributed by atoms with Crippen molar-refractivity contribution in [2.45, 2.75) is 38.5 Å². The fourth-order valence-corrected chi connectivity index (χ4v) is 2.86. The summed E-state index contributed by atoms with van der Waals surface area (Å²) in [5, 5.41) is 4.32. The lowest BCUT2D eigenvalue weighted by molar-refractivity contribution is 0.00315. The predicted molar refractivity (Wildman–Crippen MR) is 90.6 cm³/mol. The van der Waals surface area contributed by atoms with E-state index >= 15 is 0 Å². The standard InChI is InChI=1S/C18H23N3O2/c1-20(13-15-7-3-2-4-8-15)16-11-18(22)21(19-12-16)14-17-9-5-6-10-23-17/h2-4,7-8,11-12,17H,5-6,9-10,13-14H2,1H3/t17-/m0/s1. The van der Waals surface area contributed by atoms with E-state index in [9.17, 15) is 4.79 Å². The summed E-state index contributed by atoms with van der Waals surface area (Å²) in [6.07, 6.45) is 5.15. The number of benzene rings is 1. The topological polar surface area (TPSA) is 47.4 Å². The second-order valence-corrected chi connectivity index (χ2v) is 6.06. The van der Waals surface area contributed by atoms with E-state index in [1.165, 1.54) is 10.2 Å². The van der Waals surface area contributed by atoms with Crippen molar-refractivity contribution >= 4 is 5.69 Å². The predicted octanol–water partition coefficient (Wildman–Crippen LogP) is 2.45. The minimum Gasteiger partial charge on any atom is -0.376 e. The number of hydrogen-bond donors (Lipinski definition) is 0. The molecule has 1 fully saturated rings. The Labute approximate surface area is 136 Å². The fraction of sp³-hybridized carbons (Fsp3) is 0.444. The van der Waals surface area contributed by atoms with Gasteiger partial charge in [-0.05, 0) is 24.8 Å². The SMILES string of the molecule is CN(Cc1ccccc1)c1cnn(C[C@@H]2CCCCO2)c(=O)c1. The first-order valence-electron chi connectivity index (χ1n) is 8.16. The van der Waals surface area contributed by atoms with E-state index in [0.717, 1.165) is 38.1 Å². The third kappa shape index (κ3) is 4.20. The van der Waals surface area contributed by atoms with E-state index in [0.29, 0.717) is 6.54 Å². The van der Waals surface area contributed by atoms with E-state index in [1.807, 2.05) is 30.1 Å². The molecule has 1 aromatic heterocycles. The Hall–Kier alpha value is -2.14. The van der Waals surface area contributed by atoms with Gasteiger partial charge in [-0.1, -0.05) is 30.3 Å². The minimum atomic E-state index is -0.0726. The van der Waals surface area contributed by atoms with Gasteiger partial charge in [0.2, 0.25) is 0 Å². The Balaban J connectivity index is 1.67. The zero-order valence-corrected chi connectivity index (χ0v) is 13.5. The van der Waals surface area contributed by atoms with E-state index in [-0.39, 0.29) is 11.7 Å². The highest BCUT2D eigenvalue weighted by atomic mass is 16.5. The van der Waals surface area contributed by atoms with E-state index in [2.05, 4.69) is 17.2 Å². The van der Waals surface area contributed by atoms with Crippen molar-refractivity contribution in [2.75, 3.05) is 18.6 Å². The summed E-state index contributed by atoms with van der Waals surface area (Å²) in [5.74, 6) is 0. The molecule has 23 heavy (non-hydrogen) atoms. The van der Waals surface area contributed by atoms with Crippen molar-refractivity contribution in [3.05, 3.63) is 58.5 Å². The van der Waals surface area contributed by atoms with Crippen LogP contribution in [-0.4, -0.2) is 29.5 Å². The second kappa shape index (κ2) is 7.42. The minimum absolute atomic E-state index is 0.0726. The molecule has 0 bridgehead atoms. The first-order valence-corrected chi connectivity index (χ1v) is 8.16. The average molecular weight is 313 g/mol. The summed E-state index contributed by atoms with van der Waals surface area (Å²) >= 11 is 0. The normalized spacial score (nSPS) is 17.9. The van der Waals surface area contributed by atoms with Crippen LogP contribution in [0.15, 0.2) is 47.4 Å². The van der Waals surface area contributed by atoms with Gasteiger partial charge in [-0.15, -0.1) is 0 Å². The number of rotatable bonds is 5. The van der Waals surface area contributed by atoms with Gasteiger partial charge in [0, 0.05) is 26.3 Å². The Kier molecular flexibility index (Phi) is 5.08. The van der Waals surface area contributed by atoms with Crippen LogP contribution in [0.25, 0.3) is 0 Å². The molecule has 1 aromatic carbocycles. The van der Waals surface area contributed by atoms with Gasteiger partial charge in [0.15, 0.2) is 0 Å². The monoisotopic (exact) mass is 313 g/mol. The summed E-state index contributed by atoms with van der Waals surface area (Å²) in [5.41, 5.74) is 1.96. The number of ether oxygens (including phenoxy) is 1. The summed E-state index contributed by atoms with van der Waals surface area (Å²) in [6, 6.07) is 11.8. The van der Waals surface area contributed by atoms with Crippen LogP contribution >= 0.6 is 0 Å².